The van der Waals surface area contributed by atoms with Gasteiger partial charge in [-0.05, 0) is 48.2 Å². The zero-order valence-electron chi connectivity index (χ0n) is 11.8. The van der Waals surface area contributed by atoms with Crippen LogP contribution in [0.5, 0.6) is 0 Å². The molecular formula is C17H15FO3. The van der Waals surface area contributed by atoms with Crippen molar-refractivity contribution in [2.75, 3.05) is 0 Å². The zero-order chi connectivity index (χ0) is 15.2. The summed E-state index contributed by atoms with van der Waals surface area (Å²) in [6.07, 6.45) is -0.942. The van der Waals surface area contributed by atoms with Crippen molar-refractivity contribution >= 4 is 5.97 Å². The maximum absolute atomic E-state index is 13.3. The minimum absolute atomic E-state index is 0.344. The van der Waals surface area contributed by atoms with Crippen LogP contribution in [0.2, 0.25) is 0 Å². The molecule has 2 aromatic rings. The molecule has 1 heterocycles. The number of hydrogen-bond acceptors (Lipinski definition) is 2. The molecule has 2 unspecified atom stereocenters. The highest BCUT2D eigenvalue weighted by Crippen LogP contribution is 2.53. The molecule has 0 spiro atoms. The fourth-order valence-electron chi connectivity index (χ4n) is 2.96. The second kappa shape index (κ2) is 4.67. The molecule has 3 nitrogen and oxygen atoms in total. The van der Waals surface area contributed by atoms with Gasteiger partial charge in [0.25, 0.3) is 0 Å². The number of benzene rings is 2. The summed E-state index contributed by atoms with van der Waals surface area (Å²) >= 11 is 0. The molecule has 3 rings (SSSR count). The van der Waals surface area contributed by atoms with E-state index in [1.807, 2.05) is 31.2 Å². The summed E-state index contributed by atoms with van der Waals surface area (Å²) < 4.78 is 19.0. The van der Waals surface area contributed by atoms with Gasteiger partial charge in [0.2, 0.25) is 0 Å². The van der Waals surface area contributed by atoms with Crippen LogP contribution < -0.4 is 0 Å². The fourth-order valence-corrected chi connectivity index (χ4v) is 2.96. The summed E-state index contributed by atoms with van der Waals surface area (Å²) in [5.41, 5.74) is 2.12. The third-order valence-electron chi connectivity index (χ3n) is 3.97. The molecule has 0 aliphatic carbocycles. The number of epoxide rings is 1. The van der Waals surface area contributed by atoms with Gasteiger partial charge < -0.3 is 9.84 Å². The van der Waals surface area contributed by atoms with E-state index < -0.39 is 17.7 Å². The minimum atomic E-state index is -1.02. The molecule has 1 aliphatic heterocycles. The third kappa shape index (κ3) is 2.03. The lowest BCUT2D eigenvalue weighted by molar-refractivity contribution is -0.138. The van der Waals surface area contributed by atoms with E-state index in [0.717, 1.165) is 11.1 Å². The molecule has 4 heteroatoms. The quantitative estimate of drug-likeness (QED) is 0.882. The van der Waals surface area contributed by atoms with E-state index in [1.54, 1.807) is 13.0 Å². The summed E-state index contributed by atoms with van der Waals surface area (Å²) in [4.78, 5) is 11.4. The molecule has 1 fully saturated rings. The predicted octanol–water partition coefficient (Wildman–Crippen LogP) is 3.17. The van der Waals surface area contributed by atoms with Crippen LogP contribution in [0.15, 0.2) is 42.5 Å². The van der Waals surface area contributed by atoms with Crippen LogP contribution in [0.25, 0.3) is 0 Å². The Hall–Kier alpha value is -2.20. The van der Waals surface area contributed by atoms with Crippen molar-refractivity contribution < 1.29 is 19.0 Å². The molecule has 0 aromatic heterocycles. The van der Waals surface area contributed by atoms with Gasteiger partial charge in [0.15, 0.2) is 11.7 Å². The lowest BCUT2D eigenvalue weighted by Crippen LogP contribution is -2.22. The van der Waals surface area contributed by atoms with Crippen molar-refractivity contribution in [3.05, 3.63) is 70.5 Å². The number of rotatable bonds is 3. The molecule has 1 aliphatic rings. The Morgan fingerprint density at radius 2 is 1.81 bits per heavy atom. The lowest BCUT2D eigenvalue weighted by atomic mass is 9.83. The Morgan fingerprint density at radius 3 is 2.38 bits per heavy atom. The van der Waals surface area contributed by atoms with E-state index >= 15 is 0 Å². The van der Waals surface area contributed by atoms with E-state index in [9.17, 15) is 14.3 Å². The number of halogens is 1. The average molecular weight is 286 g/mol. The summed E-state index contributed by atoms with van der Waals surface area (Å²) in [6, 6.07) is 11.9. The predicted molar refractivity (Wildman–Crippen MR) is 75.6 cm³/mol. The van der Waals surface area contributed by atoms with Crippen molar-refractivity contribution in [1.82, 2.24) is 0 Å². The molecule has 1 saturated heterocycles. The van der Waals surface area contributed by atoms with Gasteiger partial charge in [-0.25, -0.2) is 9.18 Å². The number of aliphatic carboxylic acids is 1. The van der Waals surface area contributed by atoms with Crippen molar-refractivity contribution in [1.29, 1.82) is 0 Å². The number of ether oxygens (including phenoxy) is 1. The molecule has 0 radical (unpaired) electrons. The van der Waals surface area contributed by atoms with E-state index in [2.05, 4.69) is 0 Å². The van der Waals surface area contributed by atoms with Crippen molar-refractivity contribution in [3.63, 3.8) is 0 Å². The van der Waals surface area contributed by atoms with Crippen LogP contribution >= 0.6 is 0 Å². The lowest BCUT2D eigenvalue weighted by Gasteiger charge is -2.18. The first-order valence-corrected chi connectivity index (χ1v) is 6.70. The Kier molecular flexibility index (Phi) is 3.06. The van der Waals surface area contributed by atoms with Crippen LogP contribution in [0.3, 0.4) is 0 Å². The number of hydrogen-bond donors (Lipinski definition) is 1. The highest BCUT2D eigenvalue weighted by molar-refractivity contribution is 5.80. The highest BCUT2D eigenvalue weighted by Gasteiger charge is 2.64. The van der Waals surface area contributed by atoms with E-state index in [1.165, 1.54) is 12.1 Å². The minimum Gasteiger partial charge on any atom is -0.479 e. The van der Waals surface area contributed by atoms with Gasteiger partial charge in [0.05, 0.1) is 0 Å². The summed E-state index contributed by atoms with van der Waals surface area (Å²) in [5, 5.41) is 9.35. The van der Waals surface area contributed by atoms with Crippen molar-refractivity contribution in [2.45, 2.75) is 25.6 Å². The van der Waals surface area contributed by atoms with Gasteiger partial charge in [-0.2, -0.15) is 0 Å². The van der Waals surface area contributed by atoms with Gasteiger partial charge in [-0.3, -0.25) is 0 Å². The standard InChI is InChI=1S/C17H15FO3/c1-10-5-3-4-6-13(10)17(15(21-17)16(19)20)14-8-7-12(18)9-11(14)2/h3-9,15H,1-2H3,(H,19,20). The summed E-state index contributed by atoms with van der Waals surface area (Å²) in [6.45, 7) is 3.68. The number of carboxylic acid groups (broad SMARTS) is 1. The van der Waals surface area contributed by atoms with Crippen LogP contribution in [0, 0.1) is 19.7 Å². The molecule has 0 saturated carbocycles. The fraction of sp³-hybridized carbons (Fsp3) is 0.235. The smallest absolute Gasteiger partial charge is 0.336 e. The molecule has 2 aromatic carbocycles. The van der Waals surface area contributed by atoms with Crippen molar-refractivity contribution in [2.24, 2.45) is 0 Å². The highest BCUT2D eigenvalue weighted by atomic mass is 19.1. The number of aryl methyl sites for hydroxylation is 2. The topological polar surface area (TPSA) is 49.8 Å². The van der Waals surface area contributed by atoms with Gasteiger partial charge in [0, 0.05) is 0 Å². The van der Waals surface area contributed by atoms with E-state index in [4.69, 9.17) is 4.74 Å². The van der Waals surface area contributed by atoms with E-state index in [-0.39, 0.29) is 5.82 Å². The molecule has 1 N–H and O–H groups in total. The van der Waals surface area contributed by atoms with Crippen LogP contribution in [-0.4, -0.2) is 17.2 Å². The average Bonchev–Trinajstić information content (AvgIpc) is 3.15. The van der Waals surface area contributed by atoms with E-state index in [0.29, 0.717) is 11.1 Å². The zero-order valence-corrected chi connectivity index (χ0v) is 11.8. The molecule has 0 bridgehead atoms. The number of carboxylic acids is 1. The van der Waals surface area contributed by atoms with Crippen LogP contribution in [0.4, 0.5) is 4.39 Å². The summed E-state index contributed by atoms with van der Waals surface area (Å²) in [5.74, 6) is -1.36. The van der Waals surface area contributed by atoms with Crippen LogP contribution in [0.1, 0.15) is 22.3 Å². The summed E-state index contributed by atoms with van der Waals surface area (Å²) in [7, 11) is 0. The third-order valence-corrected chi connectivity index (χ3v) is 3.97. The van der Waals surface area contributed by atoms with Crippen LogP contribution in [-0.2, 0) is 15.1 Å². The maximum Gasteiger partial charge on any atom is 0.336 e. The normalized spacial score (nSPS) is 23.9. The molecule has 2 atom stereocenters. The molecule has 108 valence electrons. The first-order valence-electron chi connectivity index (χ1n) is 6.70. The van der Waals surface area contributed by atoms with Crippen molar-refractivity contribution in [3.8, 4) is 0 Å². The Bertz CT molecular complexity index is 726. The van der Waals surface area contributed by atoms with Gasteiger partial charge in [-0.1, -0.05) is 30.3 Å². The molecule has 0 amide bonds. The monoisotopic (exact) mass is 286 g/mol. The first-order chi connectivity index (χ1) is 9.96. The second-order valence-corrected chi connectivity index (χ2v) is 5.35. The van der Waals surface area contributed by atoms with Gasteiger partial charge in [0.1, 0.15) is 5.82 Å². The molecule has 21 heavy (non-hydrogen) atoms. The molecular weight excluding hydrogens is 271 g/mol. The SMILES string of the molecule is Cc1ccccc1C1(c2ccc(F)cc2C)OC1C(=O)O. The number of carbonyl (C=O) groups is 1. The Morgan fingerprint density at radius 1 is 1.14 bits per heavy atom. The largest absolute Gasteiger partial charge is 0.479 e. The Balaban J connectivity index is 2.21. The first kappa shape index (κ1) is 13.8. The Labute approximate surface area is 122 Å². The maximum atomic E-state index is 13.3. The van der Waals surface area contributed by atoms with Gasteiger partial charge in [-0.15, -0.1) is 0 Å². The van der Waals surface area contributed by atoms with Gasteiger partial charge >= 0.3 is 5.97 Å². The second-order valence-electron chi connectivity index (χ2n) is 5.35.